The SMILES string of the molecule is C=CCCCCOCC1COc2cscc2O1. The number of ether oxygens (including phenoxy) is 3. The fourth-order valence-electron chi connectivity index (χ4n) is 1.65. The Labute approximate surface area is 106 Å². The third-order valence-corrected chi connectivity index (χ3v) is 3.26. The van der Waals surface area contributed by atoms with Gasteiger partial charge in [-0.25, -0.2) is 0 Å². The van der Waals surface area contributed by atoms with Gasteiger partial charge in [0, 0.05) is 17.4 Å². The van der Waals surface area contributed by atoms with Crippen LogP contribution in [-0.4, -0.2) is 25.9 Å². The van der Waals surface area contributed by atoms with Gasteiger partial charge in [0.05, 0.1) is 6.61 Å². The average molecular weight is 254 g/mol. The highest BCUT2D eigenvalue weighted by atomic mass is 32.1. The van der Waals surface area contributed by atoms with Crippen molar-refractivity contribution >= 4 is 11.3 Å². The molecule has 0 saturated carbocycles. The first-order valence-electron chi connectivity index (χ1n) is 5.94. The second-order valence-corrected chi connectivity index (χ2v) is 4.75. The standard InChI is InChI=1S/C13H18O3S/c1-2-3-4-5-6-14-7-11-8-15-12-9-17-10-13(12)16-11/h2,9-11H,1,3-8H2. The van der Waals surface area contributed by atoms with Gasteiger partial charge in [0.15, 0.2) is 17.6 Å². The molecule has 0 spiro atoms. The fraction of sp³-hybridized carbons (Fsp3) is 0.538. The van der Waals surface area contributed by atoms with Crippen LogP contribution in [0.25, 0.3) is 0 Å². The lowest BCUT2D eigenvalue weighted by Crippen LogP contribution is -2.33. The van der Waals surface area contributed by atoms with Gasteiger partial charge in [-0.2, -0.15) is 0 Å². The minimum absolute atomic E-state index is 0.0245. The monoisotopic (exact) mass is 254 g/mol. The van der Waals surface area contributed by atoms with Gasteiger partial charge in [-0.1, -0.05) is 6.08 Å². The highest BCUT2D eigenvalue weighted by Gasteiger charge is 2.21. The molecule has 2 heterocycles. The van der Waals surface area contributed by atoms with Crippen molar-refractivity contribution in [2.75, 3.05) is 19.8 Å². The summed E-state index contributed by atoms with van der Waals surface area (Å²) in [4.78, 5) is 0. The van der Waals surface area contributed by atoms with Crippen LogP contribution in [0, 0.1) is 0 Å². The van der Waals surface area contributed by atoms with E-state index in [1.54, 1.807) is 11.3 Å². The van der Waals surface area contributed by atoms with Crippen molar-refractivity contribution in [1.82, 2.24) is 0 Å². The van der Waals surface area contributed by atoms with Gasteiger partial charge >= 0.3 is 0 Å². The minimum Gasteiger partial charge on any atom is -0.485 e. The van der Waals surface area contributed by atoms with Crippen LogP contribution in [0.5, 0.6) is 11.5 Å². The Balaban J connectivity index is 1.60. The Morgan fingerprint density at radius 3 is 3.18 bits per heavy atom. The lowest BCUT2D eigenvalue weighted by atomic mass is 10.2. The molecule has 4 heteroatoms. The van der Waals surface area contributed by atoms with E-state index in [-0.39, 0.29) is 6.10 Å². The molecule has 1 aromatic rings. The van der Waals surface area contributed by atoms with Crippen LogP contribution in [-0.2, 0) is 4.74 Å². The van der Waals surface area contributed by atoms with Gasteiger partial charge < -0.3 is 14.2 Å². The van der Waals surface area contributed by atoms with E-state index in [1.165, 1.54) is 0 Å². The Bertz CT molecular complexity index is 348. The molecule has 3 nitrogen and oxygen atoms in total. The number of hydrogen-bond donors (Lipinski definition) is 0. The molecule has 1 atom stereocenters. The predicted octanol–water partition coefficient (Wildman–Crippen LogP) is 3.26. The molecule has 17 heavy (non-hydrogen) atoms. The molecule has 1 unspecified atom stereocenters. The van der Waals surface area contributed by atoms with Crippen molar-refractivity contribution in [2.45, 2.75) is 25.4 Å². The van der Waals surface area contributed by atoms with Crippen molar-refractivity contribution in [3.05, 3.63) is 23.4 Å². The second-order valence-electron chi connectivity index (χ2n) is 4.01. The first kappa shape index (κ1) is 12.5. The van der Waals surface area contributed by atoms with Crippen LogP contribution in [0.3, 0.4) is 0 Å². The van der Waals surface area contributed by atoms with Gasteiger partial charge in [-0.15, -0.1) is 17.9 Å². The summed E-state index contributed by atoms with van der Waals surface area (Å²) in [5.41, 5.74) is 0. The number of unbranched alkanes of at least 4 members (excludes halogenated alkanes) is 2. The van der Waals surface area contributed by atoms with Crippen LogP contribution in [0.2, 0.25) is 0 Å². The van der Waals surface area contributed by atoms with E-state index in [2.05, 4.69) is 6.58 Å². The number of thiophene rings is 1. The highest BCUT2D eigenvalue weighted by molar-refractivity contribution is 7.08. The van der Waals surface area contributed by atoms with E-state index < -0.39 is 0 Å². The van der Waals surface area contributed by atoms with E-state index in [4.69, 9.17) is 14.2 Å². The summed E-state index contributed by atoms with van der Waals surface area (Å²) in [6.07, 6.45) is 5.24. The highest BCUT2D eigenvalue weighted by Crippen LogP contribution is 2.35. The van der Waals surface area contributed by atoms with Gasteiger partial charge in [0.2, 0.25) is 0 Å². The molecule has 1 aromatic heterocycles. The third-order valence-electron chi connectivity index (χ3n) is 2.56. The summed E-state index contributed by atoms with van der Waals surface area (Å²) in [5.74, 6) is 1.71. The van der Waals surface area contributed by atoms with Gasteiger partial charge in [-0.3, -0.25) is 0 Å². The van der Waals surface area contributed by atoms with Crippen molar-refractivity contribution in [2.24, 2.45) is 0 Å². The zero-order chi connectivity index (χ0) is 11.9. The van der Waals surface area contributed by atoms with Gasteiger partial charge in [-0.05, 0) is 19.3 Å². The summed E-state index contributed by atoms with van der Waals surface area (Å²) in [5, 5.41) is 3.92. The lowest BCUT2D eigenvalue weighted by Gasteiger charge is -2.24. The van der Waals surface area contributed by atoms with E-state index in [9.17, 15) is 0 Å². The van der Waals surface area contributed by atoms with Crippen LogP contribution in [0.4, 0.5) is 0 Å². The van der Waals surface area contributed by atoms with Crippen LogP contribution in [0.1, 0.15) is 19.3 Å². The zero-order valence-corrected chi connectivity index (χ0v) is 10.7. The Hall–Kier alpha value is -1.00. The Morgan fingerprint density at radius 2 is 2.29 bits per heavy atom. The molecule has 2 rings (SSSR count). The molecular weight excluding hydrogens is 236 g/mol. The second kappa shape index (κ2) is 6.67. The maximum Gasteiger partial charge on any atom is 0.172 e. The van der Waals surface area contributed by atoms with E-state index in [1.807, 2.05) is 16.8 Å². The molecular formula is C13H18O3S. The molecule has 0 fully saturated rings. The molecule has 1 aliphatic heterocycles. The van der Waals surface area contributed by atoms with E-state index in [0.29, 0.717) is 13.2 Å². The van der Waals surface area contributed by atoms with Gasteiger partial charge in [0.25, 0.3) is 0 Å². The number of rotatable bonds is 7. The minimum atomic E-state index is 0.0245. The topological polar surface area (TPSA) is 27.7 Å². The largest absolute Gasteiger partial charge is 0.485 e. The summed E-state index contributed by atoms with van der Waals surface area (Å²) in [6.45, 7) is 5.65. The smallest absolute Gasteiger partial charge is 0.172 e. The summed E-state index contributed by atoms with van der Waals surface area (Å²) < 4.78 is 16.9. The maximum absolute atomic E-state index is 5.74. The normalized spacial score (nSPS) is 18.0. The molecule has 94 valence electrons. The molecule has 0 bridgehead atoms. The summed E-state index contributed by atoms with van der Waals surface area (Å²) in [7, 11) is 0. The van der Waals surface area contributed by atoms with Crippen LogP contribution >= 0.6 is 11.3 Å². The number of fused-ring (bicyclic) bond motifs is 1. The van der Waals surface area contributed by atoms with Crippen molar-refractivity contribution < 1.29 is 14.2 Å². The zero-order valence-electron chi connectivity index (χ0n) is 9.89. The molecule has 0 radical (unpaired) electrons. The average Bonchev–Trinajstić information content (AvgIpc) is 2.81. The summed E-state index contributed by atoms with van der Waals surface area (Å²) in [6, 6.07) is 0. The van der Waals surface area contributed by atoms with Crippen LogP contribution in [0.15, 0.2) is 23.4 Å². The molecule has 0 saturated heterocycles. The Morgan fingerprint density at radius 1 is 1.41 bits per heavy atom. The number of allylic oxidation sites excluding steroid dienone is 1. The third kappa shape index (κ3) is 3.75. The van der Waals surface area contributed by atoms with Crippen LogP contribution < -0.4 is 9.47 Å². The first-order valence-corrected chi connectivity index (χ1v) is 6.88. The molecule has 0 amide bonds. The molecule has 0 aliphatic carbocycles. The number of hydrogen-bond acceptors (Lipinski definition) is 4. The molecule has 0 aromatic carbocycles. The van der Waals surface area contributed by atoms with E-state index >= 15 is 0 Å². The van der Waals surface area contributed by atoms with Crippen molar-refractivity contribution in [3.8, 4) is 11.5 Å². The lowest BCUT2D eigenvalue weighted by molar-refractivity contribution is 0.00857. The maximum atomic E-state index is 5.74. The van der Waals surface area contributed by atoms with Crippen molar-refractivity contribution in [1.29, 1.82) is 0 Å². The quantitative estimate of drug-likeness (QED) is 0.552. The fourth-order valence-corrected chi connectivity index (χ4v) is 2.32. The van der Waals surface area contributed by atoms with Crippen molar-refractivity contribution in [3.63, 3.8) is 0 Å². The van der Waals surface area contributed by atoms with Gasteiger partial charge in [0.1, 0.15) is 6.61 Å². The van der Waals surface area contributed by atoms with E-state index in [0.717, 1.165) is 37.4 Å². The molecule has 1 aliphatic rings. The summed E-state index contributed by atoms with van der Waals surface area (Å²) >= 11 is 1.59. The first-order chi connectivity index (χ1) is 8.40. The Kier molecular flexibility index (Phi) is 4.88. The molecule has 0 N–H and O–H groups in total. The predicted molar refractivity (Wildman–Crippen MR) is 69.1 cm³/mol.